The van der Waals surface area contributed by atoms with E-state index in [1.165, 1.54) is 12.1 Å². The molecule has 1 aliphatic rings. The number of aliphatic imine (C=N–C) groups is 1. The molecular weight excluding hydrogens is 359 g/mol. The third kappa shape index (κ3) is 5.18. The minimum absolute atomic E-state index is 0.141. The van der Waals surface area contributed by atoms with Crippen LogP contribution in [0.4, 0.5) is 10.1 Å². The number of nitrogens with zero attached hydrogens (tertiary/aromatic N) is 4. The van der Waals surface area contributed by atoms with Crippen molar-refractivity contribution in [2.45, 2.75) is 0 Å². The summed E-state index contributed by atoms with van der Waals surface area (Å²) >= 11 is 0. The van der Waals surface area contributed by atoms with Gasteiger partial charge >= 0.3 is 0 Å². The predicted molar refractivity (Wildman–Crippen MR) is 108 cm³/mol. The maximum absolute atomic E-state index is 13.1. The van der Waals surface area contributed by atoms with E-state index in [2.05, 4.69) is 30.4 Å². The Hall–Kier alpha value is -3.16. The number of pyridine rings is 1. The lowest BCUT2D eigenvalue weighted by atomic mass is 10.2. The SMILES string of the molecule is CN=C(NCCNC(=O)c1cccnc1)N1CCN(c2ccc(F)cc2)CC1. The fourth-order valence-electron chi connectivity index (χ4n) is 3.11. The van der Waals surface area contributed by atoms with E-state index < -0.39 is 0 Å². The van der Waals surface area contributed by atoms with Gasteiger partial charge in [0.25, 0.3) is 5.91 Å². The van der Waals surface area contributed by atoms with Gasteiger partial charge in [-0.15, -0.1) is 0 Å². The molecule has 3 rings (SSSR count). The summed E-state index contributed by atoms with van der Waals surface area (Å²) in [5.74, 6) is 0.454. The molecule has 7 nitrogen and oxygen atoms in total. The molecule has 2 aromatic rings. The van der Waals surface area contributed by atoms with Crippen LogP contribution in [-0.4, -0.2) is 68.1 Å². The van der Waals surface area contributed by atoms with Gasteiger partial charge in [-0.05, 0) is 36.4 Å². The third-order valence-corrected chi connectivity index (χ3v) is 4.60. The topological polar surface area (TPSA) is 72.9 Å². The van der Waals surface area contributed by atoms with Crippen molar-refractivity contribution >= 4 is 17.6 Å². The average molecular weight is 384 g/mol. The molecule has 0 spiro atoms. The van der Waals surface area contributed by atoms with Crippen molar-refractivity contribution in [3.63, 3.8) is 0 Å². The molecule has 0 radical (unpaired) electrons. The summed E-state index contributed by atoms with van der Waals surface area (Å²) in [4.78, 5) is 24.7. The van der Waals surface area contributed by atoms with E-state index in [1.807, 2.05) is 12.1 Å². The van der Waals surface area contributed by atoms with Crippen LogP contribution in [0.15, 0.2) is 53.8 Å². The number of hydrogen-bond donors (Lipinski definition) is 2. The number of nitrogens with one attached hydrogen (secondary N) is 2. The minimum Gasteiger partial charge on any atom is -0.368 e. The Morgan fingerprint density at radius 3 is 2.46 bits per heavy atom. The Bertz CT molecular complexity index is 788. The zero-order valence-electron chi connectivity index (χ0n) is 15.9. The lowest BCUT2D eigenvalue weighted by Crippen LogP contribution is -2.53. The number of guanidine groups is 1. The van der Waals surface area contributed by atoms with Gasteiger partial charge in [0.1, 0.15) is 5.82 Å². The van der Waals surface area contributed by atoms with Crippen molar-refractivity contribution in [3.8, 4) is 0 Å². The molecule has 0 unspecified atom stereocenters. The number of rotatable bonds is 5. The van der Waals surface area contributed by atoms with Crippen molar-refractivity contribution in [2.24, 2.45) is 4.99 Å². The maximum atomic E-state index is 13.1. The molecule has 1 aromatic heterocycles. The highest BCUT2D eigenvalue weighted by atomic mass is 19.1. The van der Waals surface area contributed by atoms with Crippen molar-refractivity contribution < 1.29 is 9.18 Å². The second-order valence-electron chi connectivity index (χ2n) is 6.42. The van der Waals surface area contributed by atoms with Gasteiger partial charge in [-0.2, -0.15) is 0 Å². The number of carbonyl (C=O) groups excluding carboxylic acids is 1. The first-order valence-corrected chi connectivity index (χ1v) is 9.31. The van der Waals surface area contributed by atoms with Crippen LogP contribution >= 0.6 is 0 Å². The van der Waals surface area contributed by atoms with E-state index >= 15 is 0 Å². The van der Waals surface area contributed by atoms with Crippen molar-refractivity contribution in [2.75, 3.05) is 51.2 Å². The lowest BCUT2D eigenvalue weighted by molar-refractivity contribution is 0.0954. The molecule has 8 heteroatoms. The molecular formula is C20H25FN6O. The first-order chi connectivity index (χ1) is 13.7. The predicted octanol–water partition coefficient (Wildman–Crippen LogP) is 1.35. The smallest absolute Gasteiger partial charge is 0.252 e. The van der Waals surface area contributed by atoms with E-state index in [0.29, 0.717) is 18.7 Å². The molecule has 2 heterocycles. The summed E-state index contributed by atoms with van der Waals surface area (Å²) in [7, 11) is 1.75. The molecule has 1 amide bonds. The van der Waals surface area contributed by atoms with Gasteiger partial charge in [-0.3, -0.25) is 14.8 Å². The van der Waals surface area contributed by atoms with Crippen LogP contribution < -0.4 is 15.5 Å². The van der Waals surface area contributed by atoms with E-state index in [9.17, 15) is 9.18 Å². The largest absolute Gasteiger partial charge is 0.368 e. The number of anilines is 1. The molecule has 2 N–H and O–H groups in total. The second kappa shape index (κ2) is 9.68. The lowest BCUT2D eigenvalue weighted by Gasteiger charge is -2.37. The van der Waals surface area contributed by atoms with E-state index in [1.54, 1.807) is 31.6 Å². The molecule has 0 aliphatic carbocycles. The molecule has 0 saturated carbocycles. The maximum Gasteiger partial charge on any atom is 0.252 e. The van der Waals surface area contributed by atoms with Crippen LogP contribution in [0.5, 0.6) is 0 Å². The number of aromatic nitrogens is 1. The minimum atomic E-state index is -0.220. The monoisotopic (exact) mass is 384 g/mol. The van der Waals surface area contributed by atoms with Gasteiger partial charge in [0.15, 0.2) is 5.96 Å². The van der Waals surface area contributed by atoms with Gasteiger partial charge in [-0.1, -0.05) is 0 Å². The van der Waals surface area contributed by atoms with E-state index in [-0.39, 0.29) is 11.7 Å². The molecule has 0 bridgehead atoms. The summed E-state index contributed by atoms with van der Waals surface area (Å²) in [6.45, 7) is 4.38. The number of benzene rings is 1. The van der Waals surface area contributed by atoms with Crippen LogP contribution in [0.25, 0.3) is 0 Å². The Labute approximate surface area is 164 Å². The molecule has 28 heavy (non-hydrogen) atoms. The molecule has 148 valence electrons. The number of carbonyl (C=O) groups is 1. The fourth-order valence-corrected chi connectivity index (χ4v) is 3.11. The van der Waals surface area contributed by atoms with Gasteiger partial charge in [-0.25, -0.2) is 4.39 Å². The summed E-state index contributed by atoms with van der Waals surface area (Å²) in [5.41, 5.74) is 1.57. The summed E-state index contributed by atoms with van der Waals surface area (Å²) in [6, 6.07) is 10.1. The van der Waals surface area contributed by atoms with Crippen LogP contribution in [0.3, 0.4) is 0 Å². The molecule has 0 atom stereocenters. The second-order valence-corrected chi connectivity index (χ2v) is 6.42. The normalized spacial score (nSPS) is 14.7. The van der Waals surface area contributed by atoms with Crippen LogP contribution in [0.1, 0.15) is 10.4 Å². The average Bonchev–Trinajstić information content (AvgIpc) is 2.75. The van der Waals surface area contributed by atoms with Crippen molar-refractivity contribution in [1.82, 2.24) is 20.5 Å². The number of hydrogen-bond acceptors (Lipinski definition) is 4. The van der Waals surface area contributed by atoms with Crippen LogP contribution in [0, 0.1) is 5.82 Å². The first-order valence-electron chi connectivity index (χ1n) is 9.31. The van der Waals surface area contributed by atoms with Gasteiger partial charge < -0.3 is 20.4 Å². The zero-order chi connectivity index (χ0) is 19.8. The quantitative estimate of drug-likeness (QED) is 0.463. The third-order valence-electron chi connectivity index (χ3n) is 4.60. The zero-order valence-corrected chi connectivity index (χ0v) is 15.9. The number of halogens is 1. The number of piperazine rings is 1. The Balaban J connectivity index is 1.41. The van der Waals surface area contributed by atoms with Crippen molar-refractivity contribution in [3.05, 3.63) is 60.2 Å². The van der Waals surface area contributed by atoms with Gasteiger partial charge in [0.05, 0.1) is 5.56 Å². The summed E-state index contributed by atoms with van der Waals surface area (Å²) in [5, 5.41) is 6.15. The Morgan fingerprint density at radius 1 is 1.11 bits per heavy atom. The molecule has 1 fully saturated rings. The standard InChI is InChI=1S/C20H25FN6O/c1-22-20(25-10-9-24-19(28)16-3-2-8-23-15-16)27-13-11-26(12-14-27)18-6-4-17(21)5-7-18/h2-8,15H,9-14H2,1H3,(H,22,25)(H,24,28). The highest BCUT2D eigenvalue weighted by Crippen LogP contribution is 2.16. The molecule has 1 saturated heterocycles. The van der Waals surface area contributed by atoms with Crippen LogP contribution in [-0.2, 0) is 0 Å². The highest BCUT2D eigenvalue weighted by molar-refractivity contribution is 5.93. The first kappa shape index (κ1) is 19.6. The van der Waals surface area contributed by atoms with E-state index in [4.69, 9.17) is 0 Å². The summed E-state index contributed by atoms with van der Waals surface area (Å²) in [6.07, 6.45) is 3.18. The van der Waals surface area contributed by atoms with E-state index in [0.717, 1.165) is 37.8 Å². The Morgan fingerprint density at radius 2 is 1.82 bits per heavy atom. The summed E-state index contributed by atoms with van der Waals surface area (Å²) < 4.78 is 13.1. The van der Waals surface area contributed by atoms with Crippen LogP contribution in [0.2, 0.25) is 0 Å². The molecule has 1 aliphatic heterocycles. The number of amides is 1. The fraction of sp³-hybridized carbons (Fsp3) is 0.350. The van der Waals surface area contributed by atoms with Crippen molar-refractivity contribution in [1.29, 1.82) is 0 Å². The van der Waals surface area contributed by atoms with Gasteiger partial charge in [0.2, 0.25) is 0 Å². The van der Waals surface area contributed by atoms with Gasteiger partial charge in [0, 0.05) is 64.4 Å². The highest BCUT2D eigenvalue weighted by Gasteiger charge is 2.19. The molecule has 1 aromatic carbocycles. The Kier molecular flexibility index (Phi) is 6.78.